The van der Waals surface area contributed by atoms with Gasteiger partial charge in [0.1, 0.15) is 0 Å². The zero-order chi connectivity index (χ0) is 78.5. The highest BCUT2D eigenvalue weighted by Crippen LogP contribution is 2.88. The van der Waals surface area contributed by atoms with E-state index in [-0.39, 0.29) is 45.8 Å². The molecule has 0 spiro atoms. The first kappa shape index (κ1) is 99.0. The summed E-state index contributed by atoms with van der Waals surface area (Å²) in [6.07, 6.45) is 0. The van der Waals surface area contributed by atoms with E-state index in [1.807, 2.05) is 13.5 Å². The molecule has 0 aliphatic carbocycles. The Morgan fingerprint density at radius 1 is 0.162 bits per heavy atom. The molecule has 0 N–H and O–H groups in total. The molecule has 0 radical (unpaired) electrons. The summed E-state index contributed by atoms with van der Waals surface area (Å²) in [5.74, 6) is 0. The van der Waals surface area contributed by atoms with E-state index >= 15 is 0 Å². The van der Waals surface area contributed by atoms with Crippen LogP contribution >= 0.6 is 147 Å². The summed E-state index contributed by atoms with van der Waals surface area (Å²) in [6, 6.07) is 0. The summed E-state index contributed by atoms with van der Waals surface area (Å²) in [4.78, 5) is 0. The normalized spacial score (nSPS) is 33.7. The minimum Gasteiger partial charge on any atom is -0.232 e. The largest absolute Gasteiger partial charge is 0.425 e. The van der Waals surface area contributed by atoms with E-state index in [4.69, 9.17) is 0 Å². The summed E-state index contributed by atoms with van der Waals surface area (Å²) >= 11 is 0. The van der Waals surface area contributed by atoms with Crippen LogP contribution in [0, 0.1) is 0 Å². The highest BCUT2D eigenvalue weighted by molar-refractivity contribution is 7.82. The van der Waals surface area contributed by atoms with Gasteiger partial charge in [0.15, 0.2) is 0 Å². The molecule has 6 rings (SSSR count). The highest BCUT2D eigenvalue weighted by Gasteiger charge is 2.48. The van der Waals surface area contributed by atoms with E-state index in [9.17, 15) is 126 Å². The summed E-state index contributed by atoms with van der Waals surface area (Å²) in [7, 11) is -89.0. The van der Waals surface area contributed by atoms with Crippen LogP contribution in [0.15, 0.2) is 85.8 Å². The van der Waals surface area contributed by atoms with Crippen molar-refractivity contribution in [3.8, 4) is 0 Å². The average Bonchev–Trinajstić information content (AvgIpc) is 0.780. The summed E-state index contributed by atoms with van der Waals surface area (Å²) in [6.45, 7) is 11.3. The third-order valence-corrected chi connectivity index (χ3v) is 53.0. The van der Waals surface area contributed by atoms with Crippen LogP contribution in [0.1, 0.15) is 48.5 Å². The molecule has 8 atom stereocenters. The van der Waals surface area contributed by atoms with Crippen molar-refractivity contribution in [2.75, 3.05) is 109 Å². The standard InChI is InChI=1S/C8H20F4N5P3.C4H10F5N4P3.C4H12F4N5P3.C3H8F5N4P3.C2H6F7N5P4.C2H6F5N4P3/c1-5-16(6-2)19(11)13-18(9,10)14-20(12,15-19)17(7-3)8-4;1-3-13(4-2)16(9)11-14(5,6)10-15(7,8)12-16;1-12(2)15(7)9-14(5,6)10-16(8,11-15)13(3)4;1-3-12(2)15(8)10-13(4,5)9-14(6,7)11-15;1-14(2)18(9)12-16(5,6)10-15(3,4)11-17(7,8)13-18;1-11(2)14(7)9-12(3,4)8-13(5,6)10-14/h5-8H2,1-4H3;3-4H2,1-2H3;1-4H3;3H2,1-2H3;1-2H3;1-2H3. The third-order valence-electron chi connectivity index (χ3n) is 10.4. The van der Waals surface area contributed by atoms with Gasteiger partial charge < -0.3 is 0 Å². The molecule has 0 bridgehead atoms. The summed E-state index contributed by atoms with van der Waals surface area (Å²) in [5, 5.41) is 0. The van der Waals surface area contributed by atoms with Crippen LogP contribution in [0.3, 0.4) is 0 Å². The fourth-order valence-corrected chi connectivity index (χ4v) is 46.9. The second-order valence-corrected chi connectivity index (χ2v) is 55.6. The molecule has 594 valence electrons. The van der Waals surface area contributed by atoms with Crippen LogP contribution < -0.4 is 0 Å². The predicted molar refractivity (Wildman–Crippen MR) is 353 cm³/mol. The van der Waals surface area contributed by atoms with Crippen LogP contribution in [0.25, 0.3) is 0 Å². The average molecular weight is 1880 g/mol. The van der Waals surface area contributed by atoms with Gasteiger partial charge >= 0.3 is 147 Å². The maximum absolute atomic E-state index is 14.8. The Balaban J connectivity index is 0.000000596. The second-order valence-electron chi connectivity index (χ2n) is 18.5. The van der Waals surface area contributed by atoms with Gasteiger partial charge in [-0.25, -0.2) is 37.4 Å². The van der Waals surface area contributed by atoms with Gasteiger partial charge in [0.25, 0.3) is 0 Å². The van der Waals surface area contributed by atoms with Crippen molar-refractivity contribution in [1.82, 2.24) is 37.4 Å². The van der Waals surface area contributed by atoms with Crippen molar-refractivity contribution < 1.29 is 126 Å². The van der Waals surface area contributed by atoms with Crippen LogP contribution in [0.5, 0.6) is 0 Å². The van der Waals surface area contributed by atoms with Gasteiger partial charge in [-0.05, 0) is 63.4 Å². The number of halogens is 30. The summed E-state index contributed by atoms with van der Waals surface area (Å²) < 4.78 is 449. The highest BCUT2D eigenvalue weighted by atomic mass is 31.3. The van der Waals surface area contributed by atoms with E-state index in [1.165, 1.54) is 49.0 Å². The van der Waals surface area contributed by atoms with E-state index < -0.39 is 147 Å². The van der Waals surface area contributed by atoms with Crippen molar-refractivity contribution in [3.05, 3.63) is 0 Å². The number of hydrogen-bond donors (Lipinski definition) is 0. The maximum Gasteiger partial charge on any atom is 0.425 e. The lowest BCUT2D eigenvalue weighted by atomic mass is 10.7. The molecule has 8 unspecified atom stereocenters. The van der Waals surface area contributed by atoms with Gasteiger partial charge in [0, 0.05) is 45.8 Å². The monoisotopic (exact) mass is 1880 g/mol. The Morgan fingerprint density at radius 3 is 0.515 bits per heavy atom. The second kappa shape index (κ2) is 35.5. The Hall–Kier alpha value is 1.95. The fourth-order valence-electron chi connectivity index (χ4n) is 5.97. The van der Waals surface area contributed by atoms with Gasteiger partial charge in [0.2, 0.25) is 0 Å². The van der Waals surface area contributed by atoms with Crippen LogP contribution in [0.4, 0.5) is 126 Å². The molecule has 6 heterocycles. The lowest BCUT2D eigenvalue weighted by molar-refractivity contribution is 0.461. The molecule has 76 heteroatoms. The van der Waals surface area contributed by atoms with Gasteiger partial charge in [-0.2, -0.15) is 42.6 Å². The summed E-state index contributed by atoms with van der Waals surface area (Å²) in [5.41, 5.74) is 0. The fraction of sp³-hybridized carbons (Fsp3) is 1.00. The topological polar surface area (TPSA) is 261 Å². The van der Waals surface area contributed by atoms with E-state index in [0.29, 0.717) is 14.0 Å². The molecule has 0 saturated carbocycles. The SMILES string of the molecule is CCN(C)P1(F)=NP(F)(F)=NP(F)(F)=N1.CCN(CC)P1(F)=NP(F)(F)=NP(F)(F)=N1.CCN(CC)P1(F)=NP(F)(F)=NP(F)(N(CC)CC)=N1.CN(C)P1(F)=NP(F)(F)=NP(F)(F)=N1.CN(C)P1(F)=NP(F)(F)=NP(F)(F)=NP(F)(F)=N1.CN(C)P1(F)=NP(F)(F)=NP(F)(N(C)C)=N1. The molecule has 27 nitrogen and oxygen atoms in total. The lowest BCUT2D eigenvalue weighted by Gasteiger charge is -2.32. The van der Waals surface area contributed by atoms with Crippen molar-refractivity contribution in [1.29, 1.82) is 0 Å². The number of nitrogens with zero attached hydrogens (tertiary/aromatic N) is 27. The Kier molecular flexibility index (Phi) is 35.5. The van der Waals surface area contributed by atoms with Gasteiger partial charge in [-0.3, -0.25) is 0 Å². The van der Waals surface area contributed by atoms with E-state index in [2.05, 4.69) is 63.2 Å². The molecule has 0 aromatic carbocycles. The number of rotatable bonds is 15. The first-order chi connectivity index (χ1) is 43.7. The molecule has 6 aliphatic heterocycles. The molecule has 99 heavy (non-hydrogen) atoms. The van der Waals surface area contributed by atoms with Crippen LogP contribution in [0.2, 0.25) is 0 Å². The van der Waals surface area contributed by atoms with Crippen LogP contribution in [-0.2, 0) is 0 Å². The van der Waals surface area contributed by atoms with E-state index in [0.717, 1.165) is 58.6 Å². The predicted octanol–water partition coefficient (Wildman–Crippen LogP) is 35.3. The molecular formula is C23H62F30N27P19. The minimum absolute atomic E-state index is 0.00617. The van der Waals surface area contributed by atoms with Gasteiger partial charge in [-0.1, -0.05) is 48.5 Å². The smallest absolute Gasteiger partial charge is 0.232 e. The first-order valence-corrected chi connectivity index (χ1v) is 54.0. The zero-order valence-corrected chi connectivity index (χ0v) is 69.9. The molecule has 0 fully saturated rings. The first-order valence-electron chi connectivity index (χ1n) is 25.5. The van der Waals surface area contributed by atoms with Crippen molar-refractivity contribution in [2.45, 2.75) is 48.5 Å². The van der Waals surface area contributed by atoms with Gasteiger partial charge in [0.05, 0.1) is 0 Å². The van der Waals surface area contributed by atoms with E-state index in [1.54, 1.807) is 36.7 Å². The minimum atomic E-state index is -6.24. The molecular weight excluding hydrogens is 1810 g/mol. The number of hydrogen-bond acceptors (Lipinski definition) is 27. The maximum atomic E-state index is 14.8. The van der Waals surface area contributed by atoms with Crippen molar-refractivity contribution in [2.24, 2.45) is 85.8 Å². The molecule has 0 aromatic heterocycles. The third kappa shape index (κ3) is 30.3. The Bertz CT molecular complexity index is 4060. The molecule has 0 saturated heterocycles. The Morgan fingerprint density at radius 2 is 0.293 bits per heavy atom. The lowest BCUT2D eigenvalue weighted by Crippen LogP contribution is -2.20. The molecule has 6 aliphatic rings. The van der Waals surface area contributed by atoms with Crippen molar-refractivity contribution in [3.63, 3.8) is 0 Å². The molecule has 0 amide bonds. The van der Waals surface area contributed by atoms with Crippen molar-refractivity contribution >= 4 is 147 Å². The van der Waals surface area contributed by atoms with Gasteiger partial charge in [-0.15, -0.1) is 169 Å². The van der Waals surface area contributed by atoms with Crippen LogP contribution in [-0.4, -0.2) is 147 Å². The molecule has 0 aromatic rings. The quantitative estimate of drug-likeness (QED) is 0.112. The Labute approximate surface area is 552 Å². The zero-order valence-electron chi connectivity index (χ0n) is 52.9.